The molecule has 3 N–H and O–H groups in total. The zero-order valence-electron chi connectivity index (χ0n) is 8.20. The Hall–Kier alpha value is -0.770. The van der Waals surface area contributed by atoms with Crippen LogP contribution in [0.2, 0.25) is 5.02 Å². The number of nitrogens with two attached hydrogens (primary N) is 1. The Balaban J connectivity index is 0.00000196. The lowest BCUT2D eigenvalue weighted by atomic mass is 10.2. The van der Waals surface area contributed by atoms with Crippen molar-refractivity contribution in [3.8, 4) is 0 Å². The highest BCUT2D eigenvalue weighted by Crippen LogP contribution is 2.14. The van der Waals surface area contributed by atoms with Gasteiger partial charge in [0.2, 0.25) is 0 Å². The average molecular weight is 249 g/mol. The summed E-state index contributed by atoms with van der Waals surface area (Å²) in [5.41, 5.74) is 5.81. The first kappa shape index (κ1) is 14.2. The van der Waals surface area contributed by atoms with Crippen LogP contribution in [0.1, 0.15) is 16.8 Å². The maximum Gasteiger partial charge on any atom is 0.252 e. The molecule has 3 nitrogen and oxygen atoms in total. The highest BCUT2D eigenvalue weighted by Gasteiger charge is 2.07. The van der Waals surface area contributed by atoms with Crippen molar-refractivity contribution in [1.29, 1.82) is 0 Å². The molecule has 0 aliphatic rings. The second kappa shape index (κ2) is 7.51. The summed E-state index contributed by atoms with van der Waals surface area (Å²) in [5.74, 6) is -0.149. The van der Waals surface area contributed by atoms with Crippen molar-refractivity contribution in [1.82, 2.24) is 5.32 Å². The molecule has 0 radical (unpaired) electrons. The van der Waals surface area contributed by atoms with Gasteiger partial charge in [0.15, 0.2) is 0 Å². The maximum absolute atomic E-state index is 11.5. The summed E-state index contributed by atoms with van der Waals surface area (Å²) < 4.78 is 0. The Kier molecular flexibility index (Phi) is 7.13. The summed E-state index contributed by atoms with van der Waals surface area (Å²) in [4.78, 5) is 11.5. The average Bonchev–Trinajstić information content (AvgIpc) is 2.18. The van der Waals surface area contributed by atoms with E-state index in [1.165, 1.54) is 0 Å². The third-order valence-corrected chi connectivity index (χ3v) is 2.11. The Labute approximate surface area is 100 Å². The Morgan fingerprint density at radius 3 is 2.67 bits per heavy atom. The van der Waals surface area contributed by atoms with E-state index in [0.29, 0.717) is 23.7 Å². The molecule has 0 aliphatic heterocycles. The van der Waals surface area contributed by atoms with E-state index in [1.807, 2.05) is 0 Å². The molecular formula is C10H14Cl2N2O. The molecule has 0 fully saturated rings. The van der Waals surface area contributed by atoms with Crippen LogP contribution in [0.15, 0.2) is 24.3 Å². The molecule has 0 spiro atoms. The molecule has 0 heterocycles. The van der Waals surface area contributed by atoms with Crippen LogP contribution in [0.3, 0.4) is 0 Å². The molecule has 0 saturated carbocycles. The summed E-state index contributed by atoms with van der Waals surface area (Å²) in [5, 5.41) is 3.21. The first-order chi connectivity index (χ1) is 6.75. The largest absolute Gasteiger partial charge is 0.352 e. The van der Waals surface area contributed by atoms with Gasteiger partial charge in [-0.1, -0.05) is 23.7 Å². The standard InChI is InChI=1S/C10H13ClN2O.ClH/c11-9-5-2-1-4-8(9)10(14)13-7-3-6-12;/h1-2,4-5H,3,6-7,12H2,(H,13,14);1H. The number of carbonyl (C=O) groups is 1. The van der Waals surface area contributed by atoms with Crippen molar-refractivity contribution in [2.75, 3.05) is 13.1 Å². The maximum atomic E-state index is 11.5. The molecule has 0 aliphatic carbocycles. The highest BCUT2D eigenvalue weighted by molar-refractivity contribution is 6.33. The van der Waals surface area contributed by atoms with Crippen molar-refractivity contribution in [2.45, 2.75) is 6.42 Å². The lowest BCUT2D eigenvalue weighted by Crippen LogP contribution is -2.26. The summed E-state index contributed by atoms with van der Waals surface area (Å²) in [6.07, 6.45) is 0.774. The molecule has 1 aromatic carbocycles. The van der Waals surface area contributed by atoms with Gasteiger partial charge < -0.3 is 11.1 Å². The van der Waals surface area contributed by atoms with E-state index in [9.17, 15) is 4.79 Å². The van der Waals surface area contributed by atoms with E-state index in [2.05, 4.69) is 5.32 Å². The van der Waals surface area contributed by atoms with Gasteiger partial charge in [-0.05, 0) is 25.1 Å². The van der Waals surface area contributed by atoms with Crippen molar-refractivity contribution in [3.05, 3.63) is 34.9 Å². The number of hydrogen-bond donors (Lipinski definition) is 2. The smallest absolute Gasteiger partial charge is 0.252 e. The SMILES string of the molecule is Cl.NCCCNC(=O)c1ccccc1Cl. The molecule has 5 heteroatoms. The molecule has 0 saturated heterocycles. The molecule has 84 valence electrons. The normalized spacial score (nSPS) is 9.20. The summed E-state index contributed by atoms with van der Waals surface area (Å²) in [6, 6.07) is 6.96. The number of carbonyl (C=O) groups excluding carboxylic acids is 1. The number of rotatable bonds is 4. The molecule has 15 heavy (non-hydrogen) atoms. The van der Waals surface area contributed by atoms with Crippen LogP contribution in [0.25, 0.3) is 0 Å². The van der Waals surface area contributed by atoms with Crippen LogP contribution in [-0.4, -0.2) is 19.0 Å². The van der Waals surface area contributed by atoms with Gasteiger partial charge in [0.1, 0.15) is 0 Å². The third kappa shape index (κ3) is 4.51. The molecule has 0 bridgehead atoms. The van der Waals surface area contributed by atoms with Crippen LogP contribution in [0.5, 0.6) is 0 Å². The van der Waals surface area contributed by atoms with Crippen LogP contribution in [0.4, 0.5) is 0 Å². The topological polar surface area (TPSA) is 55.1 Å². The van der Waals surface area contributed by atoms with Gasteiger partial charge in [-0.15, -0.1) is 12.4 Å². The van der Waals surface area contributed by atoms with E-state index in [4.69, 9.17) is 17.3 Å². The lowest BCUT2D eigenvalue weighted by molar-refractivity contribution is 0.0953. The fourth-order valence-corrected chi connectivity index (χ4v) is 1.27. The fourth-order valence-electron chi connectivity index (χ4n) is 1.04. The summed E-state index contributed by atoms with van der Waals surface area (Å²) in [6.45, 7) is 1.16. The molecule has 0 unspecified atom stereocenters. The van der Waals surface area contributed by atoms with Crippen LogP contribution < -0.4 is 11.1 Å². The molecule has 1 rings (SSSR count). The predicted octanol–water partition coefficient (Wildman–Crippen LogP) is 1.84. The van der Waals surface area contributed by atoms with Gasteiger partial charge in [0.25, 0.3) is 5.91 Å². The van der Waals surface area contributed by atoms with E-state index in [-0.39, 0.29) is 18.3 Å². The van der Waals surface area contributed by atoms with E-state index < -0.39 is 0 Å². The molecule has 0 aromatic heterocycles. The Morgan fingerprint density at radius 2 is 2.07 bits per heavy atom. The van der Waals surface area contributed by atoms with Gasteiger partial charge in [-0.25, -0.2) is 0 Å². The lowest BCUT2D eigenvalue weighted by Gasteiger charge is -2.05. The number of amides is 1. The first-order valence-electron chi connectivity index (χ1n) is 4.48. The Morgan fingerprint density at radius 1 is 1.40 bits per heavy atom. The zero-order valence-corrected chi connectivity index (χ0v) is 9.77. The quantitative estimate of drug-likeness (QED) is 0.800. The third-order valence-electron chi connectivity index (χ3n) is 1.78. The van der Waals surface area contributed by atoms with Crippen molar-refractivity contribution < 1.29 is 4.79 Å². The second-order valence-electron chi connectivity index (χ2n) is 2.88. The molecular weight excluding hydrogens is 235 g/mol. The van der Waals surface area contributed by atoms with Gasteiger partial charge in [-0.3, -0.25) is 4.79 Å². The van der Waals surface area contributed by atoms with E-state index >= 15 is 0 Å². The van der Waals surface area contributed by atoms with Crippen molar-refractivity contribution in [2.24, 2.45) is 5.73 Å². The van der Waals surface area contributed by atoms with Gasteiger partial charge >= 0.3 is 0 Å². The molecule has 1 aromatic rings. The van der Waals surface area contributed by atoms with Gasteiger partial charge in [0.05, 0.1) is 10.6 Å². The van der Waals surface area contributed by atoms with Crippen LogP contribution in [0, 0.1) is 0 Å². The zero-order chi connectivity index (χ0) is 10.4. The monoisotopic (exact) mass is 248 g/mol. The van der Waals surface area contributed by atoms with Crippen molar-refractivity contribution in [3.63, 3.8) is 0 Å². The number of benzene rings is 1. The predicted molar refractivity (Wildman–Crippen MR) is 64.7 cm³/mol. The fraction of sp³-hybridized carbons (Fsp3) is 0.300. The Bertz CT molecular complexity index is 318. The minimum absolute atomic E-state index is 0. The molecule has 1 amide bonds. The van der Waals surface area contributed by atoms with E-state index in [1.54, 1.807) is 24.3 Å². The van der Waals surface area contributed by atoms with E-state index in [0.717, 1.165) is 6.42 Å². The van der Waals surface area contributed by atoms with Crippen LogP contribution >= 0.6 is 24.0 Å². The number of hydrogen-bond acceptors (Lipinski definition) is 2. The summed E-state index contributed by atoms with van der Waals surface area (Å²) >= 11 is 5.85. The number of nitrogens with one attached hydrogen (secondary N) is 1. The van der Waals surface area contributed by atoms with Gasteiger partial charge in [0, 0.05) is 6.54 Å². The van der Waals surface area contributed by atoms with Gasteiger partial charge in [-0.2, -0.15) is 0 Å². The highest BCUT2D eigenvalue weighted by atomic mass is 35.5. The minimum atomic E-state index is -0.149. The minimum Gasteiger partial charge on any atom is -0.352 e. The molecule has 0 atom stereocenters. The van der Waals surface area contributed by atoms with Crippen molar-refractivity contribution >= 4 is 29.9 Å². The van der Waals surface area contributed by atoms with Crippen LogP contribution in [-0.2, 0) is 0 Å². The number of halogens is 2. The second-order valence-corrected chi connectivity index (χ2v) is 3.29. The first-order valence-corrected chi connectivity index (χ1v) is 4.86. The summed E-state index contributed by atoms with van der Waals surface area (Å²) in [7, 11) is 0.